The van der Waals surface area contributed by atoms with Crippen LogP contribution in [-0.2, 0) is 14.4 Å². The monoisotopic (exact) mass is 338 g/mol. The number of likely N-dealkylation sites (tertiary alicyclic amines) is 2. The molecule has 1 unspecified atom stereocenters. The minimum atomic E-state index is -1.18. The lowest BCUT2D eigenvalue weighted by atomic mass is 10.2. The van der Waals surface area contributed by atoms with Crippen LogP contribution in [0.3, 0.4) is 0 Å². The molecule has 0 spiro atoms. The van der Waals surface area contributed by atoms with E-state index >= 15 is 0 Å². The third-order valence-electron chi connectivity index (χ3n) is 4.90. The van der Waals surface area contributed by atoms with Gasteiger partial charge in [-0.15, -0.1) is 0 Å². The number of rotatable bonds is 3. The molecule has 1 atom stereocenters. The highest BCUT2D eigenvalue weighted by atomic mass is 16.4. The summed E-state index contributed by atoms with van der Waals surface area (Å²) in [7, 11) is 0. The minimum absolute atomic E-state index is 0.0520. The van der Waals surface area contributed by atoms with E-state index in [0.29, 0.717) is 6.54 Å². The number of carbonyl (C=O) groups excluding carboxylic acids is 3. The third-order valence-corrected chi connectivity index (χ3v) is 4.90. The van der Waals surface area contributed by atoms with Crippen LogP contribution >= 0.6 is 0 Å². The highest BCUT2D eigenvalue weighted by molar-refractivity contribution is 6.02. The smallest absolute Gasteiger partial charge is 0.409 e. The maximum absolute atomic E-state index is 12.5. The lowest BCUT2D eigenvalue weighted by Crippen LogP contribution is -2.64. The average Bonchev–Trinajstić information content (AvgIpc) is 3.16. The van der Waals surface area contributed by atoms with Crippen LogP contribution in [0.1, 0.15) is 25.7 Å². The Morgan fingerprint density at radius 3 is 2.21 bits per heavy atom. The molecule has 0 radical (unpaired) electrons. The summed E-state index contributed by atoms with van der Waals surface area (Å²) in [5, 5.41) is 9.36. The van der Waals surface area contributed by atoms with Gasteiger partial charge in [-0.05, 0) is 25.9 Å². The molecule has 0 aromatic rings. The van der Waals surface area contributed by atoms with Crippen LogP contribution in [0.4, 0.5) is 4.79 Å². The first-order valence-corrected chi connectivity index (χ1v) is 8.32. The number of carboxylic acid groups (broad SMARTS) is 1. The van der Waals surface area contributed by atoms with Gasteiger partial charge in [0.05, 0.1) is 13.1 Å². The lowest BCUT2D eigenvalue weighted by Gasteiger charge is -2.43. The summed E-state index contributed by atoms with van der Waals surface area (Å²) < 4.78 is 0. The Morgan fingerprint density at radius 2 is 1.62 bits per heavy atom. The van der Waals surface area contributed by atoms with Gasteiger partial charge in [-0.3, -0.25) is 29.1 Å². The van der Waals surface area contributed by atoms with E-state index in [1.54, 1.807) is 4.90 Å². The van der Waals surface area contributed by atoms with Crippen molar-refractivity contribution >= 4 is 23.8 Å². The molecule has 0 bridgehead atoms. The van der Waals surface area contributed by atoms with Crippen molar-refractivity contribution in [3.05, 3.63) is 0 Å². The van der Waals surface area contributed by atoms with E-state index in [1.807, 2.05) is 0 Å². The van der Waals surface area contributed by atoms with Gasteiger partial charge < -0.3 is 10.0 Å². The first-order chi connectivity index (χ1) is 11.5. The standard InChI is InChI=1S/C15H22N4O5/c20-12-3-4-13(21)19(12)11-9-17(7-8-18(11)15(23)24)14(22)10-16-5-1-2-6-16/h11H,1-10H2,(H,23,24). The molecule has 3 fully saturated rings. The summed E-state index contributed by atoms with van der Waals surface area (Å²) in [6.45, 7) is 2.54. The molecule has 9 heteroatoms. The minimum Gasteiger partial charge on any atom is -0.465 e. The predicted octanol–water partition coefficient (Wildman–Crippen LogP) is -0.620. The SMILES string of the molecule is O=C(CN1CCCC1)N1CCN(C(=O)O)C(N2C(=O)CCC2=O)C1. The molecule has 3 aliphatic rings. The second-order valence-corrected chi connectivity index (χ2v) is 6.44. The average molecular weight is 338 g/mol. The lowest BCUT2D eigenvalue weighted by molar-refractivity contribution is -0.151. The summed E-state index contributed by atoms with van der Waals surface area (Å²) in [4.78, 5) is 53.6. The van der Waals surface area contributed by atoms with Crippen LogP contribution in [0.5, 0.6) is 0 Å². The predicted molar refractivity (Wildman–Crippen MR) is 81.9 cm³/mol. The molecule has 0 aromatic heterocycles. The Bertz CT molecular complexity index is 544. The summed E-state index contributed by atoms with van der Waals surface area (Å²) in [6.07, 6.45) is 0.272. The maximum Gasteiger partial charge on any atom is 0.409 e. The topological polar surface area (TPSA) is 101 Å². The van der Waals surface area contributed by atoms with Crippen LogP contribution in [0.25, 0.3) is 0 Å². The van der Waals surface area contributed by atoms with Crippen LogP contribution < -0.4 is 0 Å². The van der Waals surface area contributed by atoms with E-state index in [-0.39, 0.29) is 50.2 Å². The molecule has 3 aliphatic heterocycles. The van der Waals surface area contributed by atoms with Crippen molar-refractivity contribution in [1.82, 2.24) is 19.6 Å². The number of hydrogen-bond donors (Lipinski definition) is 1. The second-order valence-electron chi connectivity index (χ2n) is 6.44. The van der Waals surface area contributed by atoms with Crippen molar-refractivity contribution in [2.45, 2.75) is 31.8 Å². The van der Waals surface area contributed by atoms with Crippen molar-refractivity contribution in [3.63, 3.8) is 0 Å². The van der Waals surface area contributed by atoms with Crippen molar-refractivity contribution in [2.24, 2.45) is 0 Å². The van der Waals surface area contributed by atoms with Gasteiger partial charge in [0.2, 0.25) is 17.7 Å². The number of imide groups is 1. The molecule has 1 N–H and O–H groups in total. The summed E-state index contributed by atoms with van der Waals surface area (Å²) in [5.41, 5.74) is 0. The quantitative estimate of drug-likeness (QED) is 0.688. The van der Waals surface area contributed by atoms with Gasteiger partial charge in [-0.1, -0.05) is 0 Å². The molecule has 0 aromatic carbocycles. The van der Waals surface area contributed by atoms with Gasteiger partial charge in [0.25, 0.3) is 0 Å². The molecule has 132 valence electrons. The molecule has 4 amide bonds. The fourth-order valence-corrected chi connectivity index (χ4v) is 3.59. The van der Waals surface area contributed by atoms with E-state index in [4.69, 9.17) is 0 Å². The molecule has 3 rings (SSSR count). The van der Waals surface area contributed by atoms with E-state index in [2.05, 4.69) is 4.90 Å². The first kappa shape index (κ1) is 16.7. The van der Waals surface area contributed by atoms with E-state index in [1.165, 1.54) is 0 Å². The molecule has 9 nitrogen and oxygen atoms in total. The van der Waals surface area contributed by atoms with Crippen molar-refractivity contribution in [1.29, 1.82) is 0 Å². The van der Waals surface area contributed by atoms with Crippen LogP contribution in [0, 0.1) is 0 Å². The van der Waals surface area contributed by atoms with E-state index in [0.717, 1.165) is 35.7 Å². The zero-order valence-corrected chi connectivity index (χ0v) is 13.5. The third kappa shape index (κ3) is 3.21. The van der Waals surface area contributed by atoms with Gasteiger partial charge in [-0.2, -0.15) is 0 Å². The Morgan fingerprint density at radius 1 is 1.00 bits per heavy atom. The van der Waals surface area contributed by atoms with Crippen molar-refractivity contribution < 1.29 is 24.3 Å². The zero-order valence-electron chi connectivity index (χ0n) is 13.5. The Hall–Kier alpha value is -2.16. The van der Waals surface area contributed by atoms with Gasteiger partial charge in [0.15, 0.2) is 0 Å². The van der Waals surface area contributed by atoms with Gasteiger partial charge in [0.1, 0.15) is 6.17 Å². The van der Waals surface area contributed by atoms with Crippen LogP contribution in [0.2, 0.25) is 0 Å². The number of piperazine rings is 1. The van der Waals surface area contributed by atoms with E-state index < -0.39 is 12.3 Å². The Balaban J connectivity index is 1.71. The molecule has 24 heavy (non-hydrogen) atoms. The Kier molecular flexibility index (Phi) is 4.70. The van der Waals surface area contributed by atoms with E-state index in [9.17, 15) is 24.3 Å². The van der Waals surface area contributed by atoms with Crippen molar-refractivity contribution in [2.75, 3.05) is 39.3 Å². The molecule has 3 saturated heterocycles. The van der Waals surface area contributed by atoms with Gasteiger partial charge in [-0.25, -0.2) is 4.79 Å². The van der Waals surface area contributed by atoms with Gasteiger partial charge in [0, 0.05) is 25.9 Å². The zero-order chi connectivity index (χ0) is 17.3. The van der Waals surface area contributed by atoms with Crippen molar-refractivity contribution in [3.8, 4) is 0 Å². The molecule has 0 saturated carbocycles. The van der Waals surface area contributed by atoms with Crippen LogP contribution in [-0.4, -0.2) is 94.0 Å². The normalized spacial score (nSPS) is 25.7. The molecular formula is C15H22N4O5. The van der Waals surface area contributed by atoms with Crippen LogP contribution in [0.15, 0.2) is 0 Å². The first-order valence-electron chi connectivity index (χ1n) is 8.32. The summed E-state index contributed by atoms with van der Waals surface area (Å²) in [5.74, 6) is -0.818. The fraction of sp³-hybridized carbons (Fsp3) is 0.733. The number of carbonyl (C=O) groups is 4. The highest BCUT2D eigenvalue weighted by Crippen LogP contribution is 2.22. The summed E-state index contributed by atoms with van der Waals surface area (Å²) in [6, 6.07) is 0. The largest absolute Gasteiger partial charge is 0.465 e. The van der Waals surface area contributed by atoms with Gasteiger partial charge >= 0.3 is 6.09 Å². The number of amides is 4. The molecule has 3 heterocycles. The maximum atomic E-state index is 12.5. The highest BCUT2D eigenvalue weighted by Gasteiger charge is 2.43. The summed E-state index contributed by atoms with van der Waals surface area (Å²) >= 11 is 0. The molecule has 0 aliphatic carbocycles. The second kappa shape index (κ2) is 6.76. The fourth-order valence-electron chi connectivity index (χ4n) is 3.59. The Labute approximate surface area is 139 Å². The number of hydrogen-bond acceptors (Lipinski definition) is 5. The molecular weight excluding hydrogens is 316 g/mol. The number of nitrogens with zero attached hydrogens (tertiary/aromatic N) is 4.